The number of carbonyl (C=O) groups is 1. The van der Waals surface area contributed by atoms with Crippen LogP contribution >= 0.6 is 11.6 Å². The smallest absolute Gasteiger partial charge is 0.317 e. The van der Waals surface area contributed by atoms with Gasteiger partial charge in [0.1, 0.15) is 0 Å². The van der Waals surface area contributed by atoms with E-state index in [9.17, 15) is 4.79 Å². The first-order chi connectivity index (χ1) is 9.20. The van der Waals surface area contributed by atoms with E-state index in [1.807, 2.05) is 24.3 Å². The zero-order valence-corrected chi connectivity index (χ0v) is 11.6. The molecule has 104 valence electrons. The number of aliphatic hydroxyl groups excluding tert-OH is 1. The van der Waals surface area contributed by atoms with Gasteiger partial charge >= 0.3 is 6.03 Å². The van der Waals surface area contributed by atoms with Gasteiger partial charge in [-0.2, -0.15) is 0 Å². The van der Waals surface area contributed by atoms with Crippen molar-refractivity contribution >= 4 is 17.6 Å². The summed E-state index contributed by atoms with van der Waals surface area (Å²) in [5.74, 6) is 0.340. The maximum atomic E-state index is 12.0. The molecule has 2 N–H and O–H groups in total. The summed E-state index contributed by atoms with van der Waals surface area (Å²) in [5.41, 5.74) is 0.919. The first-order valence-corrected chi connectivity index (χ1v) is 6.95. The SMILES string of the molecule is O=C(NCc1ccccc1Cl)N1CCC(CO)CC1. The lowest BCUT2D eigenvalue weighted by Gasteiger charge is -2.31. The van der Waals surface area contributed by atoms with Gasteiger partial charge in [0.15, 0.2) is 0 Å². The summed E-state index contributed by atoms with van der Waals surface area (Å²) < 4.78 is 0. The second-order valence-corrected chi connectivity index (χ2v) is 5.27. The van der Waals surface area contributed by atoms with Crippen molar-refractivity contribution in [1.82, 2.24) is 10.2 Å². The van der Waals surface area contributed by atoms with E-state index in [0.29, 0.717) is 30.6 Å². The zero-order chi connectivity index (χ0) is 13.7. The molecule has 0 atom stereocenters. The highest BCUT2D eigenvalue weighted by atomic mass is 35.5. The molecule has 0 spiro atoms. The van der Waals surface area contributed by atoms with Gasteiger partial charge in [0.05, 0.1) is 0 Å². The van der Waals surface area contributed by atoms with Crippen LogP contribution in [0.15, 0.2) is 24.3 Å². The zero-order valence-electron chi connectivity index (χ0n) is 10.8. The van der Waals surface area contributed by atoms with Crippen molar-refractivity contribution in [2.24, 2.45) is 5.92 Å². The maximum absolute atomic E-state index is 12.0. The minimum absolute atomic E-state index is 0.0590. The number of likely N-dealkylation sites (tertiary alicyclic amines) is 1. The largest absolute Gasteiger partial charge is 0.396 e. The van der Waals surface area contributed by atoms with Gasteiger partial charge in [-0.25, -0.2) is 4.79 Å². The molecule has 1 aromatic rings. The van der Waals surface area contributed by atoms with E-state index in [-0.39, 0.29) is 12.6 Å². The quantitative estimate of drug-likeness (QED) is 0.893. The molecule has 0 aliphatic carbocycles. The minimum Gasteiger partial charge on any atom is -0.396 e. The fourth-order valence-electron chi connectivity index (χ4n) is 2.24. The summed E-state index contributed by atoms with van der Waals surface area (Å²) in [6.07, 6.45) is 1.74. The molecular weight excluding hydrogens is 264 g/mol. The molecule has 1 aliphatic rings. The summed E-state index contributed by atoms with van der Waals surface area (Å²) in [7, 11) is 0. The van der Waals surface area contributed by atoms with Crippen molar-refractivity contribution in [2.75, 3.05) is 19.7 Å². The van der Waals surface area contributed by atoms with Gasteiger partial charge in [-0.15, -0.1) is 0 Å². The summed E-state index contributed by atoms with van der Waals surface area (Å²) in [6.45, 7) is 2.08. The topological polar surface area (TPSA) is 52.6 Å². The van der Waals surface area contributed by atoms with Crippen LogP contribution in [0.5, 0.6) is 0 Å². The molecule has 1 fully saturated rings. The van der Waals surface area contributed by atoms with Crippen molar-refractivity contribution in [3.63, 3.8) is 0 Å². The Hall–Kier alpha value is -1.26. The third-order valence-electron chi connectivity index (χ3n) is 3.55. The third-order valence-corrected chi connectivity index (χ3v) is 3.92. The lowest BCUT2D eigenvalue weighted by atomic mass is 9.98. The average Bonchev–Trinajstić information content (AvgIpc) is 2.46. The van der Waals surface area contributed by atoms with E-state index >= 15 is 0 Å². The van der Waals surface area contributed by atoms with Gasteiger partial charge in [0, 0.05) is 31.3 Å². The van der Waals surface area contributed by atoms with Gasteiger partial charge in [-0.1, -0.05) is 29.8 Å². The Bertz CT molecular complexity index is 431. The number of carbonyl (C=O) groups excluding carboxylic acids is 1. The van der Waals surface area contributed by atoms with Crippen LogP contribution in [0, 0.1) is 5.92 Å². The number of nitrogens with zero attached hydrogens (tertiary/aromatic N) is 1. The second-order valence-electron chi connectivity index (χ2n) is 4.86. The van der Waals surface area contributed by atoms with E-state index in [1.165, 1.54) is 0 Å². The highest BCUT2D eigenvalue weighted by molar-refractivity contribution is 6.31. The number of aliphatic hydroxyl groups is 1. The maximum Gasteiger partial charge on any atom is 0.317 e. The fourth-order valence-corrected chi connectivity index (χ4v) is 2.45. The number of urea groups is 1. The number of nitrogens with one attached hydrogen (secondary N) is 1. The molecule has 4 nitrogen and oxygen atoms in total. The first-order valence-electron chi connectivity index (χ1n) is 6.57. The van der Waals surface area contributed by atoms with Crippen molar-refractivity contribution in [2.45, 2.75) is 19.4 Å². The summed E-state index contributed by atoms with van der Waals surface area (Å²) in [5, 5.41) is 12.6. The van der Waals surface area contributed by atoms with Crippen LogP contribution in [-0.2, 0) is 6.54 Å². The van der Waals surface area contributed by atoms with Crippen molar-refractivity contribution < 1.29 is 9.90 Å². The van der Waals surface area contributed by atoms with Gasteiger partial charge in [0.25, 0.3) is 0 Å². The molecule has 19 heavy (non-hydrogen) atoms. The van der Waals surface area contributed by atoms with Crippen LogP contribution in [0.25, 0.3) is 0 Å². The molecule has 0 bridgehead atoms. The summed E-state index contributed by atoms with van der Waals surface area (Å²) in [4.78, 5) is 13.8. The van der Waals surface area contributed by atoms with E-state index in [2.05, 4.69) is 5.32 Å². The molecule has 0 aromatic heterocycles. The van der Waals surface area contributed by atoms with Crippen molar-refractivity contribution in [3.8, 4) is 0 Å². The van der Waals surface area contributed by atoms with Crippen molar-refractivity contribution in [3.05, 3.63) is 34.9 Å². The van der Waals surface area contributed by atoms with Crippen LogP contribution in [0.4, 0.5) is 4.79 Å². The highest BCUT2D eigenvalue weighted by Gasteiger charge is 2.21. The molecule has 0 radical (unpaired) electrons. The molecule has 0 saturated carbocycles. The number of halogens is 1. The van der Waals surface area contributed by atoms with Gasteiger partial charge < -0.3 is 15.3 Å². The Balaban J connectivity index is 1.81. The lowest BCUT2D eigenvalue weighted by Crippen LogP contribution is -2.44. The molecule has 2 rings (SSSR count). The van der Waals surface area contributed by atoms with E-state index in [0.717, 1.165) is 18.4 Å². The Morgan fingerprint density at radius 2 is 2.05 bits per heavy atom. The van der Waals surface area contributed by atoms with Gasteiger partial charge in [-0.3, -0.25) is 0 Å². The molecule has 2 amide bonds. The molecule has 1 saturated heterocycles. The van der Waals surface area contributed by atoms with Crippen LogP contribution in [0.1, 0.15) is 18.4 Å². The number of amides is 2. The number of rotatable bonds is 3. The van der Waals surface area contributed by atoms with Crippen LogP contribution < -0.4 is 5.32 Å². The number of piperidine rings is 1. The molecule has 1 aromatic carbocycles. The molecule has 5 heteroatoms. The molecule has 0 unspecified atom stereocenters. The monoisotopic (exact) mass is 282 g/mol. The number of benzene rings is 1. The van der Waals surface area contributed by atoms with E-state index in [1.54, 1.807) is 4.90 Å². The normalized spacial score (nSPS) is 16.4. The van der Waals surface area contributed by atoms with E-state index in [4.69, 9.17) is 16.7 Å². The van der Waals surface area contributed by atoms with Crippen LogP contribution in [0.3, 0.4) is 0 Å². The predicted molar refractivity (Wildman–Crippen MR) is 75.1 cm³/mol. The Morgan fingerprint density at radius 3 is 2.68 bits per heavy atom. The van der Waals surface area contributed by atoms with Crippen LogP contribution in [0.2, 0.25) is 5.02 Å². The third kappa shape index (κ3) is 3.85. The standard InChI is InChI=1S/C14H19ClN2O2/c15-13-4-2-1-3-12(13)9-16-14(19)17-7-5-11(10-18)6-8-17/h1-4,11,18H,5-10H2,(H,16,19). The Morgan fingerprint density at radius 1 is 1.37 bits per heavy atom. The highest BCUT2D eigenvalue weighted by Crippen LogP contribution is 2.17. The molecule has 1 aliphatic heterocycles. The van der Waals surface area contributed by atoms with Crippen molar-refractivity contribution in [1.29, 1.82) is 0 Å². The average molecular weight is 283 g/mol. The summed E-state index contributed by atoms with van der Waals surface area (Å²) in [6, 6.07) is 7.43. The second kappa shape index (κ2) is 6.78. The predicted octanol–water partition coefficient (Wildman–Crippen LogP) is 2.25. The summed E-state index contributed by atoms with van der Waals surface area (Å²) >= 11 is 6.04. The Kier molecular flexibility index (Phi) is 5.05. The van der Waals surface area contributed by atoms with Crippen LogP contribution in [-0.4, -0.2) is 35.7 Å². The van der Waals surface area contributed by atoms with E-state index < -0.39 is 0 Å². The van der Waals surface area contributed by atoms with Gasteiger partial charge in [0.2, 0.25) is 0 Å². The lowest BCUT2D eigenvalue weighted by molar-refractivity contribution is 0.137. The fraction of sp³-hybridized carbons (Fsp3) is 0.500. The number of hydrogen-bond donors (Lipinski definition) is 2. The Labute approximate surface area is 118 Å². The van der Waals surface area contributed by atoms with Gasteiger partial charge in [-0.05, 0) is 30.4 Å². The first kappa shape index (κ1) is 14.2. The minimum atomic E-state index is -0.0590. The molecular formula is C14H19ClN2O2. The molecule has 1 heterocycles. The number of hydrogen-bond acceptors (Lipinski definition) is 2.